The van der Waals surface area contributed by atoms with Gasteiger partial charge in [-0.25, -0.2) is 4.98 Å². The minimum atomic E-state index is -0.211. The standard InChI is InChI=1S/C25H23N3O3S/c1-16-4-3-5-21-23(16)27-25(32-21)28-24(30)19-10-6-18(7-11-19)15-26-22(29)14-17-8-12-20(31-2)13-9-17/h3-13H,14-15H2,1-2H3,(H,26,29)(H,27,28,30). The average Bonchev–Trinajstić information content (AvgIpc) is 3.22. The summed E-state index contributed by atoms with van der Waals surface area (Å²) in [6.07, 6.45) is 0.298. The van der Waals surface area contributed by atoms with Gasteiger partial charge < -0.3 is 10.1 Å². The zero-order chi connectivity index (χ0) is 22.5. The molecule has 2 N–H and O–H groups in total. The number of rotatable bonds is 7. The van der Waals surface area contributed by atoms with E-state index < -0.39 is 0 Å². The zero-order valence-corrected chi connectivity index (χ0v) is 18.7. The van der Waals surface area contributed by atoms with Crippen molar-refractivity contribution in [1.29, 1.82) is 0 Å². The van der Waals surface area contributed by atoms with E-state index in [1.165, 1.54) is 11.3 Å². The molecule has 0 atom stereocenters. The topological polar surface area (TPSA) is 80.3 Å². The molecule has 0 aliphatic carbocycles. The Bertz CT molecular complexity index is 1250. The van der Waals surface area contributed by atoms with Crippen LogP contribution in [0.3, 0.4) is 0 Å². The smallest absolute Gasteiger partial charge is 0.257 e. The number of aryl methyl sites for hydroxylation is 1. The highest BCUT2D eigenvalue weighted by molar-refractivity contribution is 7.22. The van der Waals surface area contributed by atoms with Gasteiger partial charge >= 0.3 is 0 Å². The monoisotopic (exact) mass is 445 g/mol. The van der Waals surface area contributed by atoms with Crippen LogP contribution in [0.5, 0.6) is 5.75 Å². The number of ether oxygens (including phenoxy) is 1. The van der Waals surface area contributed by atoms with Gasteiger partial charge in [0.1, 0.15) is 5.75 Å². The molecule has 0 unspecified atom stereocenters. The third-order valence-electron chi connectivity index (χ3n) is 5.07. The van der Waals surface area contributed by atoms with Crippen LogP contribution in [0.1, 0.15) is 27.0 Å². The number of methoxy groups -OCH3 is 1. The number of nitrogens with one attached hydrogen (secondary N) is 2. The number of para-hydroxylation sites is 1. The second-order valence-corrected chi connectivity index (χ2v) is 8.42. The van der Waals surface area contributed by atoms with Crippen molar-refractivity contribution in [3.63, 3.8) is 0 Å². The molecular formula is C25H23N3O3S. The number of carbonyl (C=O) groups is 2. The summed E-state index contributed by atoms with van der Waals surface area (Å²) < 4.78 is 6.17. The summed E-state index contributed by atoms with van der Waals surface area (Å²) in [5.41, 5.74) is 4.36. The molecule has 1 aromatic heterocycles. The maximum Gasteiger partial charge on any atom is 0.257 e. The van der Waals surface area contributed by atoms with Crippen LogP contribution in [0.25, 0.3) is 10.2 Å². The zero-order valence-electron chi connectivity index (χ0n) is 17.8. The Kier molecular flexibility index (Phi) is 6.47. The van der Waals surface area contributed by atoms with Gasteiger partial charge in [0.2, 0.25) is 5.91 Å². The fourth-order valence-electron chi connectivity index (χ4n) is 3.27. The number of anilines is 1. The molecule has 0 saturated heterocycles. The predicted octanol–water partition coefficient (Wildman–Crippen LogP) is 4.72. The molecule has 0 radical (unpaired) electrons. The SMILES string of the molecule is COc1ccc(CC(=O)NCc2ccc(C(=O)Nc3nc4c(C)cccc4s3)cc2)cc1. The second-order valence-electron chi connectivity index (χ2n) is 7.39. The summed E-state index contributed by atoms with van der Waals surface area (Å²) in [4.78, 5) is 29.3. The van der Waals surface area contributed by atoms with E-state index in [2.05, 4.69) is 15.6 Å². The maximum absolute atomic E-state index is 12.6. The Hall–Kier alpha value is -3.71. The number of nitrogens with zero attached hydrogens (tertiary/aromatic N) is 1. The third kappa shape index (κ3) is 5.12. The van der Waals surface area contributed by atoms with Gasteiger partial charge in [0, 0.05) is 12.1 Å². The minimum Gasteiger partial charge on any atom is -0.497 e. The highest BCUT2D eigenvalue weighted by Crippen LogP contribution is 2.28. The summed E-state index contributed by atoms with van der Waals surface area (Å²) in [6.45, 7) is 2.40. The summed E-state index contributed by atoms with van der Waals surface area (Å²) in [6, 6.07) is 20.6. The van der Waals surface area contributed by atoms with Crippen LogP contribution in [-0.2, 0) is 17.8 Å². The van der Waals surface area contributed by atoms with Gasteiger partial charge in [-0.2, -0.15) is 0 Å². The molecule has 7 heteroatoms. The molecule has 0 fully saturated rings. The molecule has 32 heavy (non-hydrogen) atoms. The quantitative estimate of drug-likeness (QED) is 0.431. The van der Waals surface area contributed by atoms with Crippen molar-refractivity contribution in [2.24, 2.45) is 0 Å². The van der Waals surface area contributed by atoms with Crippen molar-refractivity contribution in [1.82, 2.24) is 10.3 Å². The van der Waals surface area contributed by atoms with Crippen LogP contribution >= 0.6 is 11.3 Å². The molecule has 3 aromatic carbocycles. The van der Waals surface area contributed by atoms with Gasteiger partial charge in [-0.05, 0) is 53.9 Å². The summed E-state index contributed by atoms with van der Waals surface area (Å²) in [5, 5.41) is 6.35. The highest BCUT2D eigenvalue weighted by Gasteiger charge is 2.11. The van der Waals surface area contributed by atoms with Gasteiger partial charge in [0.15, 0.2) is 5.13 Å². The number of fused-ring (bicyclic) bond motifs is 1. The molecule has 0 spiro atoms. The molecular weight excluding hydrogens is 422 g/mol. The highest BCUT2D eigenvalue weighted by atomic mass is 32.1. The molecule has 4 rings (SSSR count). The molecule has 0 bridgehead atoms. The number of amides is 2. The van der Waals surface area contributed by atoms with Crippen molar-refractivity contribution < 1.29 is 14.3 Å². The van der Waals surface area contributed by atoms with Crippen LogP contribution in [0, 0.1) is 6.92 Å². The van der Waals surface area contributed by atoms with Gasteiger partial charge in [0.05, 0.1) is 23.7 Å². The number of thiazole rings is 1. The summed E-state index contributed by atoms with van der Waals surface area (Å²) >= 11 is 1.45. The molecule has 1 heterocycles. The van der Waals surface area contributed by atoms with E-state index in [-0.39, 0.29) is 11.8 Å². The van der Waals surface area contributed by atoms with E-state index >= 15 is 0 Å². The van der Waals surface area contributed by atoms with Crippen LogP contribution in [0.4, 0.5) is 5.13 Å². The van der Waals surface area contributed by atoms with Gasteiger partial charge in [-0.1, -0.05) is 47.7 Å². The number of benzene rings is 3. The first-order valence-corrected chi connectivity index (χ1v) is 11.0. The molecule has 0 aliphatic rings. The second kappa shape index (κ2) is 9.62. The van der Waals surface area contributed by atoms with E-state index in [0.29, 0.717) is 23.7 Å². The van der Waals surface area contributed by atoms with Crippen molar-refractivity contribution in [2.75, 3.05) is 12.4 Å². The van der Waals surface area contributed by atoms with Crippen molar-refractivity contribution in [3.05, 3.63) is 89.0 Å². The molecule has 6 nitrogen and oxygen atoms in total. The van der Waals surface area contributed by atoms with Crippen LogP contribution in [-0.4, -0.2) is 23.9 Å². The Morgan fingerprint density at radius 1 is 0.969 bits per heavy atom. The van der Waals surface area contributed by atoms with Gasteiger partial charge in [0.25, 0.3) is 5.91 Å². The lowest BCUT2D eigenvalue weighted by Crippen LogP contribution is -2.24. The molecule has 162 valence electrons. The summed E-state index contributed by atoms with van der Waals surface area (Å²) in [7, 11) is 1.61. The van der Waals surface area contributed by atoms with Crippen molar-refractivity contribution >= 4 is 38.5 Å². The molecule has 0 saturated carbocycles. The number of hydrogen-bond acceptors (Lipinski definition) is 5. The largest absolute Gasteiger partial charge is 0.497 e. The Labute approximate surface area is 190 Å². The first-order chi connectivity index (χ1) is 15.5. The Morgan fingerprint density at radius 2 is 1.69 bits per heavy atom. The first-order valence-electron chi connectivity index (χ1n) is 10.2. The van der Waals surface area contributed by atoms with E-state index in [0.717, 1.165) is 32.7 Å². The molecule has 2 amide bonds. The van der Waals surface area contributed by atoms with E-state index in [4.69, 9.17) is 4.74 Å². The number of carbonyl (C=O) groups excluding carboxylic acids is 2. The summed E-state index contributed by atoms with van der Waals surface area (Å²) in [5.74, 6) is 0.483. The van der Waals surface area contributed by atoms with Crippen molar-refractivity contribution in [3.8, 4) is 5.75 Å². The van der Waals surface area contributed by atoms with Crippen LogP contribution < -0.4 is 15.4 Å². The van der Waals surface area contributed by atoms with Crippen LogP contribution in [0.15, 0.2) is 66.7 Å². The van der Waals surface area contributed by atoms with E-state index in [9.17, 15) is 9.59 Å². The predicted molar refractivity (Wildman–Crippen MR) is 127 cm³/mol. The fraction of sp³-hybridized carbons (Fsp3) is 0.160. The third-order valence-corrected chi connectivity index (χ3v) is 6.01. The minimum absolute atomic E-state index is 0.0666. The lowest BCUT2D eigenvalue weighted by molar-refractivity contribution is -0.120. The lowest BCUT2D eigenvalue weighted by Gasteiger charge is -2.07. The van der Waals surface area contributed by atoms with E-state index in [1.54, 1.807) is 19.2 Å². The Balaban J connectivity index is 1.31. The first kappa shape index (κ1) is 21.5. The Morgan fingerprint density at radius 3 is 2.38 bits per heavy atom. The molecule has 0 aliphatic heterocycles. The number of hydrogen-bond donors (Lipinski definition) is 2. The molecule has 4 aromatic rings. The average molecular weight is 446 g/mol. The van der Waals surface area contributed by atoms with E-state index in [1.807, 2.05) is 61.5 Å². The van der Waals surface area contributed by atoms with Gasteiger partial charge in [-0.15, -0.1) is 0 Å². The van der Waals surface area contributed by atoms with Crippen LogP contribution in [0.2, 0.25) is 0 Å². The lowest BCUT2D eigenvalue weighted by atomic mass is 10.1. The normalized spacial score (nSPS) is 10.7. The maximum atomic E-state index is 12.6. The van der Waals surface area contributed by atoms with Crippen molar-refractivity contribution in [2.45, 2.75) is 19.9 Å². The number of aromatic nitrogens is 1. The van der Waals surface area contributed by atoms with Gasteiger partial charge in [-0.3, -0.25) is 14.9 Å². The fourth-order valence-corrected chi connectivity index (χ4v) is 4.21.